The van der Waals surface area contributed by atoms with Gasteiger partial charge in [0, 0.05) is 24.9 Å². The van der Waals surface area contributed by atoms with Crippen molar-refractivity contribution >= 4 is 25.6 Å². The number of anilines is 1. The van der Waals surface area contributed by atoms with E-state index in [1.807, 2.05) is 27.7 Å². The van der Waals surface area contributed by atoms with Gasteiger partial charge in [0.05, 0.1) is 21.6 Å². The predicted octanol–water partition coefficient (Wildman–Crippen LogP) is 3.02. The molecule has 0 spiro atoms. The molecule has 0 aliphatic heterocycles. The van der Waals surface area contributed by atoms with E-state index in [2.05, 4.69) is 5.32 Å². The summed E-state index contributed by atoms with van der Waals surface area (Å²) in [7, 11) is -2.99. The topological polar surface area (TPSA) is 143 Å². The number of hydrogen-bond acceptors (Lipinski definition) is 8. The average molecular weight is 401 g/mol. The highest BCUT2D eigenvalue weighted by atomic mass is 28.4. The van der Waals surface area contributed by atoms with Gasteiger partial charge in [-0.1, -0.05) is 13.8 Å². The molecule has 0 saturated heterocycles. The Morgan fingerprint density at radius 1 is 1.07 bits per heavy atom. The van der Waals surface area contributed by atoms with E-state index in [4.69, 9.17) is 14.6 Å². The highest BCUT2D eigenvalue weighted by Gasteiger charge is 2.50. The summed E-state index contributed by atoms with van der Waals surface area (Å²) in [6, 6.07) is 3.51. The summed E-state index contributed by atoms with van der Waals surface area (Å²) in [6.07, 6.45) is 1.20. The van der Waals surface area contributed by atoms with E-state index in [1.54, 1.807) is 0 Å². The van der Waals surface area contributed by atoms with Gasteiger partial charge in [0.1, 0.15) is 5.69 Å². The molecular weight excluding hydrogens is 372 g/mol. The fraction of sp³-hybridized carbons (Fsp3) is 0.625. The van der Waals surface area contributed by atoms with E-state index in [-0.39, 0.29) is 28.4 Å². The first-order valence-corrected chi connectivity index (χ1v) is 11.0. The molecule has 1 rings (SSSR count). The summed E-state index contributed by atoms with van der Waals surface area (Å²) >= 11 is 0. The van der Waals surface area contributed by atoms with Crippen molar-refractivity contribution in [1.29, 1.82) is 0 Å². The van der Waals surface area contributed by atoms with Gasteiger partial charge < -0.3 is 19.9 Å². The Morgan fingerprint density at radius 2 is 1.67 bits per heavy atom. The van der Waals surface area contributed by atoms with Gasteiger partial charge in [-0.05, 0) is 32.8 Å². The number of hydrogen-bond donors (Lipinski definition) is 2. The Labute approximate surface area is 159 Å². The molecule has 0 heterocycles. The number of nitrogens with two attached hydrogens (primary N) is 1. The first-order valence-electron chi connectivity index (χ1n) is 9.00. The number of nitro groups is 2. The molecule has 0 aliphatic rings. The molecule has 2 unspecified atom stereocenters. The van der Waals surface area contributed by atoms with Crippen molar-refractivity contribution < 1.29 is 18.7 Å². The van der Waals surface area contributed by atoms with E-state index < -0.39 is 18.4 Å². The van der Waals surface area contributed by atoms with Crippen LogP contribution in [-0.4, -0.2) is 43.0 Å². The van der Waals surface area contributed by atoms with Gasteiger partial charge in [-0.15, -0.1) is 0 Å². The summed E-state index contributed by atoms with van der Waals surface area (Å²) in [5.41, 5.74) is 5.12. The van der Waals surface area contributed by atoms with Crippen molar-refractivity contribution in [3.05, 3.63) is 38.4 Å². The fourth-order valence-corrected chi connectivity index (χ4v) is 6.86. The van der Waals surface area contributed by atoms with Crippen LogP contribution in [0.4, 0.5) is 17.1 Å². The molecule has 0 amide bonds. The van der Waals surface area contributed by atoms with Crippen LogP contribution in [0.15, 0.2) is 18.2 Å². The third-order valence-electron chi connectivity index (χ3n) is 4.31. The first kappa shape index (κ1) is 23.0. The molecule has 0 saturated carbocycles. The van der Waals surface area contributed by atoms with Crippen LogP contribution in [0.25, 0.3) is 0 Å². The van der Waals surface area contributed by atoms with Crippen LogP contribution < -0.4 is 11.1 Å². The molecule has 2 atom stereocenters. The van der Waals surface area contributed by atoms with Gasteiger partial charge in [0.15, 0.2) is 0 Å². The van der Waals surface area contributed by atoms with Crippen molar-refractivity contribution in [3.63, 3.8) is 0 Å². The summed E-state index contributed by atoms with van der Waals surface area (Å²) in [4.78, 5) is 21.0. The van der Waals surface area contributed by atoms with Crippen LogP contribution in [0, 0.1) is 20.2 Å². The van der Waals surface area contributed by atoms with Crippen LogP contribution in [0.2, 0.25) is 0 Å². The summed E-state index contributed by atoms with van der Waals surface area (Å²) in [5.74, 6) is 0. The summed E-state index contributed by atoms with van der Waals surface area (Å²) < 4.78 is 12.1. The van der Waals surface area contributed by atoms with E-state index in [9.17, 15) is 20.2 Å². The lowest BCUT2D eigenvalue weighted by Gasteiger charge is -2.40. The molecule has 0 bridgehead atoms. The quantitative estimate of drug-likeness (QED) is 0.309. The maximum Gasteiger partial charge on any atom is 0.378 e. The molecule has 11 heteroatoms. The van der Waals surface area contributed by atoms with Crippen molar-refractivity contribution in [2.45, 2.75) is 51.9 Å². The SMILES string of the molecule is CCO[Si](OCC)(C(N)CC)C(CC)Nc1ccc([N+](=O)[O-])cc1[N+](=O)[O-]. The number of nitro benzene ring substituents is 2. The smallest absolute Gasteiger partial charge is 0.378 e. The number of non-ortho nitro benzene ring substituents is 1. The summed E-state index contributed by atoms with van der Waals surface area (Å²) in [5, 5.41) is 25.5. The second kappa shape index (κ2) is 10.3. The van der Waals surface area contributed by atoms with Gasteiger partial charge in [-0.25, -0.2) is 0 Å². The lowest BCUT2D eigenvalue weighted by atomic mass is 10.2. The Hall–Kier alpha value is -2.08. The Kier molecular flexibility index (Phi) is 8.76. The first-order chi connectivity index (χ1) is 12.8. The molecule has 1 aromatic rings. The van der Waals surface area contributed by atoms with E-state index in [1.165, 1.54) is 12.1 Å². The van der Waals surface area contributed by atoms with Gasteiger partial charge in [-0.3, -0.25) is 20.2 Å². The van der Waals surface area contributed by atoms with Crippen LogP contribution in [-0.2, 0) is 8.85 Å². The maximum atomic E-state index is 11.4. The van der Waals surface area contributed by atoms with E-state index in [0.29, 0.717) is 26.1 Å². The van der Waals surface area contributed by atoms with Gasteiger partial charge >= 0.3 is 8.56 Å². The molecule has 10 nitrogen and oxygen atoms in total. The highest BCUT2D eigenvalue weighted by Crippen LogP contribution is 2.32. The van der Waals surface area contributed by atoms with Crippen LogP contribution in [0.5, 0.6) is 0 Å². The van der Waals surface area contributed by atoms with Gasteiger partial charge in [0.2, 0.25) is 0 Å². The van der Waals surface area contributed by atoms with Crippen molar-refractivity contribution in [1.82, 2.24) is 0 Å². The minimum Gasteiger partial charge on any atom is -0.392 e. The van der Waals surface area contributed by atoms with Gasteiger partial charge in [-0.2, -0.15) is 0 Å². The predicted molar refractivity (Wildman–Crippen MR) is 105 cm³/mol. The molecule has 0 radical (unpaired) electrons. The molecule has 27 heavy (non-hydrogen) atoms. The molecule has 0 fully saturated rings. The lowest BCUT2D eigenvalue weighted by Crippen LogP contribution is -2.67. The lowest BCUT2D eigenvalue weighted by molar-refractivity contribution is -0.393. The van der Waals surface area contributed by atoms with Crippen molar-refractivity contribution in [2.75, 3.05) is 18.5 Å². The molecule has 152 valence electrons. The fourth-order valence-electron chi connectivity index (χ4n) is 3.03. The Bertz CT molecular complexity index is 654. The molecule has 1 aromatic carbocycles. The van der Waals surface area contributed by atoms with Crippen LogP contribution >= 0.6 is 0 Å². The van der Waals surface area contributed by atoms with E-state index in [0.717, 1.165) is 6.07 Å². The zero-order valence-electron chi connectivity index (χ0n) is 16.1. The second-order valence-electron chi connectivity index (χ2n) is 5.92. The van der Waals surface area contributed by atoms with Crippen LogP contribution in [0.1, 0.15) is 40.5 Å². The number of benzene rings is 1. The Morgan fingerprint density at radius 3 is 2.07 bits per heavy atom. The van der Waals surface area contributed by atoms with Crippen LogP contribution in [0.3, 0.4) is 0 Å². The summed E-state index contributed by atoms with van der Waals surface area (Å²) in [6.45, 7) is 8.36. The molecular formula is C16H28N4O6Si. The standard InChI is InChI=1S/C16H28N4O6Si/c1-5-15(17)27(25-7-3,26-8-4)16(6-2)18-13-10-9-12(19(21)22)11-14(13)20(23)24/h9-11,15-16,18H,5-8,17H2,1-4H3. The van der Waals surface area contributed by atoms with E-state index >= 15 is 0 Å². The maximum absolute atomic E-state index is 11.4. The van der Waals surface area contributed by atoms with Crippen molar-refractivity contribution in [2.24, 2.45) is 5.73 Å². The average Bonchev–Trinajstić information content (AvgIpc) is 2.64. The van der Waals surface area contributed by atoms with Gasteiger partial charge in [0.25, 0.3) is 11.4 Å². The third-order valence-corrected chi connectivity index (χ3v) is 8.75. The molecule has 0 aromatic heterocycles. The number of nitrogens with zero attached hydrogens (tertiary/aromatic N) is 2. The largest absolute Gasteiger partial charge is 0.392 e. The zero-order valence-corrected chi connectivity index (χ0v) is 17.1. The minimum absolute atomic E-state index is 0.178. The zero-order chi connectivity index (χ0) is 20.6. The highest BCUT2D eigenvalue weighted by molar-refractivity contribution is 6.71. The molecule has 0 aliphatic carbocycles. The minimum atomic E-state index is -2.99. The monoisotopic (exact) mass is 400 g/mol. The second-order valence-corrected chi connectivity index (χ2v) is 9.38. The normalized spacial score (nSPS) is 13.8. The number of rotatable bonds is 12. The number of nitrogens with one attached hydrogen (secondary N) is 1. The molecule has 3 N–H and O–H groups in total. The van der Waals surface area contributed by atoms with Crippen molar-refractivity contribution in [3.8, 4) is 0 Å². The third kappa shape index (κ3) is 5.22. The Balaban J connectivity index is 3.38.